The first-order chi connectivity index (χ1) is 10.8. The van der Waals surface area contributed by atoms with Gasteiger partial charge in [0.1, 0.15) is 0 Å². The monoisotopic (exact) mass is 315 g/mol. The fraction of sp³-hybridized carbons (Fsp3) is 0.619. The van der Waals surface area contributed by atoms with Gasteiger partial charge in [-0.05, 0) is 43.2 Å². The van der Waals surface area contributed by atoms with Crippen molar-refractivity contribution in [3.05, 3.63) is 35.1 Å². The van der Waals surface area contributed by atoms with Crippen LogP contribution < -0.4 is 5.30 Å². The molecule has 0 amide bonds. The fourth-order valence-electron chi connectivity index (χ4n) is 3.20. The van der Waals surface area contributed by atoms with Crippen LogP contribution in [0.5, 0.6) is 0 Å². The molecule has 0 fully saturated rings. The Morgan fingerprint density at radius 2 is 1.50 bits per heavy atom. The van der Waals surface area contributed by atoms with Crippen molar-refractivity contribution in [3.63, 3.8) is 0 Å². The lowest BCUT2D eigenvalue weighted by atomic mass is 10.00. The number of hydrogen-bond acceptors (Lipinski definition) is 0. The van der Waals surface area contributed by atoms with E-state index in [1.165, 1.54) is 83.7 Å². The van der Waals surface area contributed by atoms with E-state index in [0.717, 1.165) is 5.92 Å². The highest BCUT2D eigenvalue weighted by Crippen LogP contribution is 2.40. The minimum atomic E-state index is 0.749. The van der Waals surface area contributed by atoms with Crippen LogP contribution in [0.25, 0.3) is 6.08 Å². The summed E-state index contributed by atoms with van der Waals surface area (Å²) in [6, 6.07) is 8.83. The molecule has 1 aromatic rings. The van der Waals surface area contributed by atoms with Gasteiger partial charge in [-0.1, -0.05) is 95.9 Å². The summed E-state index contributed by atoms with van der Waals surface area (Å²) in [4.78, 5) is 0. The van der Waals surface area contributed by atoms with Gasteiger partial charge in [-0.15, -0.1) is 0 Å². The van der Waals surface area contributed by atoms with Gasteiger partial charge in [0.2, 0.25) is 0 Å². The summed E-state index contributed by atoms with van der Waals surface area (Å²) in [5.41, 5.74) is 1.44. The largest absolute Gasteiger partial charge is 0.0654 e. The highest BCUT2D eigenvalue weighted by atomic mass is 31.1. The Morgan fingerprint density at radius 1 is 0.864 bits per heavy atom. The molecule has 0 N–H and O–H groups in total. The fourth-order valence-corrected chi connectivity index (χ4v) is 4.46. The molecule has 0 saturated carbocycles. The highest BCUT2D eigenvalue weighted by Gasteiger charge is 2.17. The number of allylic oxidation sites excluding steroid dienone is 1. The van der Waals surface area contributed by atoms with Crippen molar-refractivity contribution in [2.45, 2.75) is 78.1 Å². The Balaban J connectivity index is 1.53. The Kier molecular flexibility index (Phi) is 8.24. The number of rotatable bonds is 11. The third-order valence-corrected chi connectivity index (χ3v) is 6.21. The third kappa shape index (κ3) is 5.88. The van der Waals surface area contributed by atoms with Crippen LogP contribution in [0.3, 0.4) is 0 Å². The second-order valence-corrected chi connectivity index (χ2v) is 7.98. The maximum Gasteiger partial charge on any atom is -0.00768 e. The molecule has 121 valence electrons. The van der Waals surface area contributed by atoms with E-state index < -0.39 is 0 Å². The zero-order valence-electron chi connectivity index (χ0n) is 14.5. The standard InChI is InChI=1S/C21H32P/c1-3-4-5-6-7-8-9-10-11-14-18(2)21-17-19-15-12-13-16-20(19)22-21/h12-13,15-18H,3-11,14H2,1-2H3. The first kappa shape index (κ1) is 17.7. The van der Waals surface area contributed by atoms with Crippen molar-refractivity contribution in [2.75, 3.05) is 0 Å². The summed E-state index contributed by atoms with van der Waals surface area (Å²) in [5, 5.41) is 3.12. The van der Waals surface area contributed by atoms with E-state index >= 15 is 0 Å². The van der Waals surface area contributed by atoms with Crippen LogP contribution in [0.15, 0.2) is 29.6 Å². The zero-order valence-corrected chi connectivity index (χ0v) is 15.4. The van der Waals surface area contributed by atoms with E-state index in [4.69, 9.17) is 0 Å². The Bertz CT molecular complexity index is 461. The van der Waals surface area contributed by atoms with Crippen molar-refractivity contribution in [3.8, 4) is 0 Å². The molecule has 1 radical (unpaired) electrons. The summed E-state index contributed by atoms with van der Waals surface area (Å²) in [6.45, 7) is 4.70. The summed E-state index contributed by atoms with van der Waals surface area (Å²) in [6.07, 6.45) is 16.6. The molecule has 1 unspecified atom stereocenters. The van der Waals surface area contributed by atoms with Crippen LogP contribution >= 0.6 is 8.58 Å². The van der Waals surface area contributed by atoms with Crippen molar-refractivity contribution in [2.24, 2.45) is 5.92 Å². The molecule has 1 aliphatic rings. The minimum absolute atomic E-state index is 0.749. The van der Waals surface area contributed by atoms with E-state index in [9.17, 15) is 0 Å². The van der Waals surface area contributed by atoms with Gasteiger partial charge in [-0.3, -0.25) is 0 Å². The lowest BCUT2D eigenvalue weighted by molar-refractivity contribution is 0.527. The summed E-state index contributed by atoms with van der Waals surface area (Å²) in [5.74, 6) is 0.749. The summed E-state index contributed by atoms with van der Waals surface area (Å²) < 4.78 is 0. The average molecular weight is 315 g/mol. The highest BCUT2D eigenvalue weighted by molar-refractivity contribution is 7.53. The molecule has 1 atom stereocenters. The van der Waals surface area contributed by atoms with Crippen LogP contribution in [0.1, 0.15) is 83.6 Å². The van der Waals surface area contributed by atoms with E-state index in [1.54, 1.807) is 5.31 Å². The van der Waals surface area contributed by atoms with Crippen molar-refractivity contribution in [1.29, 1.82) is 0 Å². The van der Waals surface area contributed by atoms with Gasteiger partial charge in [-0.25, -0.2) is 0 Å². The molecule has 22 heavy (non-hydrogen) atoms. The Morgan fingerprint density at radius 3 is 2.18 bits per heavy atom. The van der Waals surface area contributed by atoms with Crippen LogP contribution in [-0.4, -0.2) is 0 Å². The molecule has 1 heteroatoms. The molecule has 1 aromatic carbocycles. The van der Waals surface area contributed by atoms with Crippen LogP contribution in [0.4, 0.5) is 0 Å². The quantitative estimate of drug-likeness (QED) is 0.300. The maximum absolute atomic E-state index is 2.43. The average Bonchev–Trinajstić information content (AvgIpc) is 2.97. The van der Waals surface area contributed by atoms with Gasteiger partial charge < -0.3 is 0 Å². The van der Waals surface area contributed by atoms with Gasteiger partial charge >= 0.3 is 0 Å². The van der Waals surface area contributed by atoms with Crippen LogP contribution in [0.2, 0.25) is 0 Å². The molecule has 0 nitrogen and oxygen atoms in total. The third-order valence-electron chi connectivity index (χ3n) is 4.74. The Hall–Kier alpha value is -0.610. The van der Waals surface area contributed by atoms with Gasteiger partial charge in [0.15, 0.2) is 0 Å². The number of benzene rings is 1. The molecule has 1 heterocycles. The van der Waals surface area contributed by atoms with Crippen molar-refractivity contribution >= 4 is 20.0 Å². The predicted octanol–water partition coefficient (Wildman–Crippen LogP) is 7.17. The molecule has 1 aliphatic heterocycles. The number of fused-ring (bicyclic) bond motifs is 1. The second kappa shape index (κ2) is 10.2. The summed E-state index contributed by atoms with van der Waals surface area (Å²) in [7, 11) is 1.45. The van der Waals surface area contributed by atoms with Gasteiger partial charge in [0.05, 0.1) is 0 Å². The molecule has 0 aliphatic carbocycles. The molecular weight excluding hydrogens is 283 g/mol. The van der Waals surface area contributed by atoms with E-state index in [2.05, 4.69) is 44.2 Å². The maximum atomic E-state index is 2.43. The molecule has 0 aromatic heterocycles. The predicted molar refractivity (Wildman–Crippen MR) is 102 cm³/mol. The normalized spacial score (nSPS) is 15.8. The van der Waals surface area contributed by atoms with E-state index in [1.807, 2.05) is 0 Å². The lowest BCUT2D eigenvalue weighted by Gasteiger charge is -2.12. The van der Waals surface area contributed by atoms with Gasteiger partial charge in [-0.2, -0.15) is 0 Å². The lowest BCUT2D eigenvalue weighted by Crippen LogP contribution is -1.96. The first-order valence-electron chi connectivity index (χ1n) is 9.33. The van der Waals surface area contributed by atoms with Crippen molar-refractivity contribution < 1.29 is 0 Å². The van der Waals surface area contributed by atoms with Crippen LogP contribution in [-0.2, 0) is 0 Å². The molecular formula is C21H32P. The molecule has 2 rings (SSSR count). The second-order valence-electron chi connectivity index (χ2n) is 6.76. The van der Waals surface area contributed by atoms with E-state index in [-0.39, 0.29) is 0 Å². The topological polar surface area (TPSA) is 0 Å². The van der Waals surface area contributed by atoms with Crippen LogP contribution in [0, 0.1) is 5.92 Å². The Labute approximate surface area is 139 Å². The number of unbranched alkanes of at least 4 members (excludes halogenated alkanes) is 8. The SMILES string of the molecule is CCCCCCCCCCCC(C)C1=Cc2ccccc2[P]1. The molecule has 0 bridgehead atoms. The molecule has 0 spiro atoms. The number of hydrogen-bond donors (Lipinski definition) is 0. The van der Waals surface area contributed by atoms with Crippen molar-refractivity contribution in [1.82, 2.24) is 0 Å². The first-order valence-corrected chi connectivity index (χ1v) is 10.2. The zero-order chi connectivity index (χ0) is 15.6. The minimum Gasteiger partial charge on any atom is -0.0654 e. The van der Waals surface area contributed by atoms with Gasteiger partial charge in [0, 0.05) is 0 Å². The van der Waals surface area contributed by atoms with E-state index in [0.29, 0.717) is 0 Å². The molecule has 0 saturated heterocycles. The summed E-state index contributed by atoms with van der Waals surface area (Å²) >= 11 is 0. The van der Waals surface area contributed by atoms with Gasteiger partial charge in [0.25, 0.3) is 0 Å². The smallest absolute Gasteiger partial charge is 0.00768 e.